The van der Waals surface area contributed by atoms with Crippen molar-refractivity contribution in [2.45, 2.75) is 20.4 Å². The van der Waals surface area contributed by atoms with E-state index in [1.54, 1.807) is 0 Å². The highest BCUT2D eigenvalue weighted by Gasteiger charge is 2.36. The summed E-state index contributed by atoms with van der Waals surface area (Å²) >= 11 is 0. The number of hydrogen-bond donors (Lipinski definition) is 1. The third-order valence-electron chi connectivity index (χ3n) is 7.67. The fourth-order valence-corrected chi connectivity index (χ4v) is 6.05. The van der Waals surface area contributed by atoms with Gasteiger partial charge in [-0.15, -0.1) is 0 Å². The summed E-state index contributed by atoms with van der Waals surface area (Å²) in [4.78, 5) is 13.4. The molecule has 2 heterocycles. The SMILES string of the molecule is CCn1c(=CC2=C(O)C(=CC3=[N+](CC)c4cccc5cccc3c45)C2=O)c2cccc3cccc1c32. The summed E-state index contributed by atoms with van der Waals surface area (Å²) in [6.07, 6.45) is 3.72. The minimum Gasteiger partial charge on any atom is -0.506 e. The van der Waals surface area contributed by atoms with Crippen molar-refractivity contribution in [1.82, 2.24) is 4.57 Å². The van der Waals surface area contributed by atoms with Crippen LogP contribution in [0.1, 0.15) is 19.4 Å². The van der Waals surface area contributed by atoms with E-state index in [2.05, 4.69) is 83.7 Å². The first-order valence-corrected chi connectivity index (χ1v) is 12.5. The van der Waals surface area contributed by atoms with E-state index < -0.39 is 0 Å². The number of Topliss-reactive ketones (excluding diaryl/α,β-unsaturated/α-hetero) is 1. The minimum absolute atomic E-state index is 0.0679. The van der Waals surface area contributed by atoms with Crippen molar-refractivity contribution in [3.05, 3.63) is 107 Å². The Labute approximate surface area is 208 Å². The zero-order valence-electron chi connectivity index (χ0n) is 20.2. The van der Waals surface area contributed by atoms with E-state index in [0.717, 1.165) is 46.3 Å². The summed E-state index contributed by atoms with van der Waals surface area (Å²) in [5, 5.41) is 17.9. The second-order valence-corrected chi connectivity index (χ2v) is 9.41. The first-order chi connectivity index (χ1) is 17.6. The predicted octanol–water partition coefficient (Wildman–Crippen LogP) is 5.96. The highest BCUT2D eigenvalue weighted by molar-refractivity contribution is 6.29. The summed E-state index contributed by atoms with van der Waals surface area (Å²) in [7, 11) is 0. The topological polar surface area (TPSA) is 45.2 Å². The van der Waals surface area contributed by atoms with E-state index in [0.29, 0.717) is 11.1 Å². The molecule has 1 aliphatic carbocycles. The van der Waals surface area contributed by atoms with E-state index in [4.69, 9.17) is 0 Å². The summed E-state index contributed by atoms with van der Waals surface area (Å²) in [5.74, 6) is -0.0516. The smallest absolute Gasteiger partial charge is 0.214 e. The van der Waals surface area contributed by atoms with E-state index in [9.17, 15) is 9.90 Å². The van der Waals surface area contributed by atoms with Gasteiger partial charge in [-0.05, 0) is 42.8 Å². The fraction of sp³-hybridized carbons (Fsp3) is 0.125. The number of carbonyl (C=O) groups is 1. The van der Waals surface area contributed by atoms with E-state index >= 15 is 0 Å². The summed E-state index contributed by atoms with van der Waals surface area (Å²) < 4.78 is 4.43. The quantitative estimate of drug-likeness (QED) is 0.261. The average Bonchev–Trinajstić information content (AvgIpc) is 3.40. The number of nitrogens with zero attached hydrogens (tertiary/aromatic N) is 2. The van der Waals surface area contributed by atoms with Crippen molar-refractivity contribution >= 4 is 55.7 Å². The van der Waals surface area contributed by atoms with Gasteiger partial charge in [0.1, 0.15) is 12.3 Å². The van der Waals surface area contributed by atoms with Gasteiger partial charge in [-0.2, -0.15) is 4.58 Å². The molecular weight excluding hydrogens is 444 g/mol. The standard InChI is InChI=1S/C32H24N2O2/c1-3-33-25-15-7-11-19-9-5-13-21(29(19)25)27(33)17-23-31(35)24(32(23)36)18-28-22-14-6-10-20-12-8-16-26(30(20)22)34(28)4-2/h5-18H,3-4H2,1-2H3/p+1. The molecule has 1 aromatic heterocycles. The number of ketones is 1. The van der Waals surface area contributed by atoms with Gasteiger partial charge >= 0.3 is 0 Å². The molecule has 0 spiro atoms. The lowest BCUT2D eigenvalue weighted by Gasteiger charge is -2.18. The Bertz CT molecular complexity index is 1920. The molecule has 174 valence electrons. The van der Waals surface area contributed by atoms with E-state index in [1.807, 2.05) is 24.3 Å². The Morgan fingerprint density at radius 3 is 2.28 bits per heavy atom. The summed E-state index contributed by atoms with van der Waals surface area (Å²) in [6, 6.07) is 25.1. The number of rotatable bonds is 4. The molecule has 0 bridgehead atoms. The molecule has 0 saturated carbocycles. The largest absolute Gasteiger partial charge is 0.506 e. The zero-order chi connectivity index (χ0) is 24.6. The molecule has 1 N–H and O–H groups in total. The van der Waals surface area contributed by atoms with Gasteiger partial charge in [-0.1, -0.05) is 54.6 Å². The number of hydrogen-bond acceptors (Lipinski definition) is 2. The van der Waals surface area contributed by atoms with Crippen LogP contribution in [0.3, 0.4) is 0 Å². The van der Waals surface area contributed by atoms with Crippen molar-refractivity contribution < 1.29 is 14.5 Å². The molecule has 0 saturated heterocycles. The maximum Gasteiger partial charge on any atom is 0.214 e. The number of benzene rings is 4. The van der Waals surface area contributed by atoms with E-state index in [1.165, 1.54) is 21.5 Å². The molecule has 4 aromatic carbocycles. The average molecular weight is 470 g/mol. The normalized spacial score (nSPS) is 17.0. The number of aliphatic hydroxyl groups excluding tert-OH is 1. The first-order valence-electron chi connectivity index (χ1n) is 12.5. The molecule has 7 rings (SSSR count). The van der Waals surface area contributed by atoms with E-state index in [-0.39, 0.29) is 11.5 Å². The maximum atomic E-state index is 13.4. The molecule has 0 unspecified atom stereocenters. The Kier molecular flexibility index (Phi) is 4.37. The van der Waals surface area contributed by atoms with Crippen LogP contribution in [-0.2, 0) is 11.3 Å². The monoisotopic (exact) mass is 469 g/mol. The van der Waals surface area contributed by atoms with Gasteiger partial charge in [-0.25, -0.2) is 0 Å². The van der Waals surface area contributed by atoms with Gasteiger partial charge in [0, 0.05) is 40.3 Å². The molecule has 0 atom stereocenters. The lowest BCUT2D eigenvalue weighted by Crippen LogP contribution is -2.26. The highest BCUT2D eigenvalue weighted by atomic mass is 16.3. The van der Waals surface area contributed by atoms with Gasteiger partial charge < -0.3 is 9.67 Å². The fourth-order valence-electron chi connectivity index (χ4n) is 6.05. The van der Waals surface area contributed by atoms with Crippen LogP contribution in [0.5, 0.6) is 0 Å². The second kappa shape index (κ2) is 7.53. The number of allylic oxidation sites excluding steroid dienone is 3. The number of aromatic nitrogens is 1. The molecule has 1 aliphatic heterocycles. The lowest BCUT2D eigenvalue weighted by atomic mass is 9.86. The van der Waals surface area contributed by atoms with Gasteiger partial charge in [-0.3, -0.25) is 4.79 Å². The lowest BCUT2D eigenvalue weighted by molar-refractivity contribution is -0.430. The third-order valence-corrected chi connectivity index (χ3v) is 7.67. The summed E-state index contributed by atoms with van der Waals surface area (Å²) in [5.41, 5.74) is 5.09. The van der Waals surface area contributed by atoms with Crippen molar-refractivity contribution in [2.24, 2.45) is 0 Å². The number of aryl methyl sites for hydroxylation is 1. The molecule has 2 aliphatic rings. The maximum absolute atomic E-state index is 13.4. The van der Waals surface area contributed by atoms with Crippen molar-refractivity contribution in [3.8, 4) is 0 Å². The second-order valence-electron chi connectivity index (χ2n) is 9.41. The predicted molar refractivity (Wildman–Crippen MR) is 146 cm³/mol. The number of aliphatic hydroxyl groups is 1. The van der Waals surface area contributed by atoms with Crippen molar-refractivity contribution in [2.75, 3.05) is 6.54 Å². The van der Waals surface area contributed by atoms with Crippen LogP contribution in [0.15, 0.2) is 95.8 Å². The van der Waals surface area contributed by atoms with Crippen LogP contribution in [0.25, 0.3) is 38.5 Å². The molecule has 4 heteroatoms. The zero-order valence-corrected chi connectivity index (χ0v) is 20.2. The Morgan fingerprint density at radius 2 is 1.56 bits per heavy atom. The molecule has 4 nitrogen and oxygen atoms in total. The van der Waals surface area contributed by atoms with Gasteiger partial charge in [0.05, 0.1) is 22.1 Å². The minimum atomic E-state index is -0.120. The number of carbonyl (C=O) groups excluding carboxylic acids is 1. The van der Waals surface area contributed by atoms with Gasteiger partial charge in [0.2, 0.25) is 17.2 Å². The molecule has 0 radical (unpaired) electrons. The van der Waals surface area contributed by atoms with Crippen LogP contribution in [0.2, 0.25) is 0 Å². The van der Waals surface area contributed by atoms with Gasteiger partial charge in [0.25, 0.3) is 0 Å². The third kappa shape index (κ3) is 2.64. The molecule has 5 aromatic rings. The van der Waals surface area contributed by atoms with Crippen LogP contribution < -0.4 is 5.35 Å². The molecule has 0 fully saturated rings. The van der Waals surface area contributed by atoms with Gasteiger partial charge in [0.15, 0.2) is 0 Å². The van der Waals surface area contributed by atoms with Crippen LogP contribution in [0, 0.1) is 0 Å². The Morgan fingerprint density at radius 1 is 0.861 bits per heavy atom. The van der Waals surface area contributed by atoms with Crippen LogP contribution >= 0.6 is 0 Å². The first kappa shape index (κ1) is 20.9. The van der Waals surface area contributed by atoms with Crippen LogP contribution in [0.4, 0.5) is 5.69 Å². The van der Waals surface area contributed by atoms with Crippen molar-refractivity contribution in [3.63, 3.8) is 0 Å². The molecule has 36 heavy (non-hydrogen) atoms. The summed E-state index contributed by atoms with van der Waals surface area (Å²) in [6.45, 7) is 5.76. The highest BCUT2D eigenvalue weighted by Crippen LogP contribution is 2.37. The Hall–Kier alpha value is -4.44. The molecular formula is C32H25N2O2+. The van der Waals surface area contributed by atoms with Crippen molar-refractivity contribution in [1.29, 1.82) is 0 Å². The van der Waals surface area contributed by atoms with Crippen LogP contribution in [-0.4, -0.2) is 32.3 Å². The Balaban J connectivity index is 1.41. The molecule has 0 amide bonds.